The fourth-order valence-electron chi connectivity index (χ4n) is 2.55. The number of alkyl halides is 3. The van der Waals surface area contributed by atoms with Crippen molar-refractivity contribution in [3.05, 3.63) is 66.4 Å². The van der Waals surface area contributed by atoms with E-state index in [-0.39, 0.29) is 5.75 Å². The summed E-state index contributed by atoms with van der Waals surface area (Å²) in [6.45, 7) is 0. The molecule has 8 heteroatoms. The van der Waals surface area contributed by atoms with Crippen LogP contribution in [0.25, 0.3) is 28.0 Å². The lowest BCUT2D eigenvalue weighted by Crippen LogP contribution is -2.05. The summed E-state index contributed by atoms with van der Waals surface area (Å²) >= 11 is 0. The SMILES string of the molecule is Oc1ccccc1-n1nc2ccc(-c3ccc(C(F)(F)F)cn3)cc2n1. The molecule has 5 nitrogen and oxygen atoms in total. The fraction of sp³-hybridized carbons (Fsp3) is 0.0556. The van der Waals surface area contributed by atoms with Crippen molar-refractivity contribution in [3.63, 3.8) is 0 Å². The van der Waals surface area contributed by atoms with Gasteiger partial charge in [0, 0.05) is 11.8 Å². The molecule has 0 saturated carbocycles. The molecule has 0 saturated heterocycles. The predicted molar refractivity (Wildman–Crippen MR) is 88.8 cm³/mol. The highest BCUT2D eigenvalue weighted by Gasteiger charge is 2.30. The largest absolute Gasteiger partial charge is 0.506 e. The van der Waals surface area contributed by atoms with Crippen LogP contribution >= 0.6 is 0 Å². The van der Waals surface area contributed by atoms with Crippen LogP contribution < -0.4 is 0 Å². The van der Waals surface area contributed by atoms with Crippen molar-refractivity contribution in [1.82, 2.24) is 20.0 Å². The lowest BCUT2D eigenvalue weighted by atomic mass is 10.1. The van der Waals surface area contributed by atoms with Gasteiger partial charge in [-0.3, -0.25) is 4.98 Å². The van der Waals surface area contributed by atoms with Crippen molar-refractivity contribution in [2.75, 3.05) is 0 Å². The van der Waals surface area contributed by atoms with Gasteiger partial charge >= 0.3 is 6.18 Å². The molecule has 0 radical (unpaired) electrons. The molecule has 0 amide bonds. The highest BCUT2D eigenvalue weighted by atomic mass is 19.4. The summed E-state index contributed by atoms with van der Waals surface area (Å²) in [7, 11) is 0. The van der Waals surface area contributed by atoms with Crippen molar-refractivity contribution in [1.29, 1.82) is 0 Å². The van der Waals surface area contributed by atoms with Gasteiger partial charge in [-0.2, -0.15) is 13.2 Å². The van der Waals surface area contributed by atoms with Crippen LogP contribution in [0.15, 0.2) is 60.8 Å². The fourth-order valence-corrected chi connectivity index (χ4v) is 2.55. The van der Waals surface area contributed by atoms with E-state index < -0.39 is 11.7 Å². The second-order valence-electron chi connectivity index (χ2n) is 5.61. The number of phenolic OH excluding ortho intramolecular Hbond substituents is 1. The molecule has 4 aromatic rings. The van der Waals surface area contributed by atoms with Crippen molar-refractivity contribution < 1.29 is 18.3 Å². The van der Waals surface area contributed by atoms with Crippen molar-refractivity contribution in [2.24, 2.45) is 0 Å². The first-order valence-corrected chi connectivity index (χ1v) is 7.61. The molecule has 0 bridgehead atoms. The summed E-state index contributed by atoms with van der Waals surface area (Å²) in [5.74, 6) is 0.0393. The zero-order valence-electron chi connectivity index (χ0n) is 13.1. The number of phenols is 1. The Labute approximate surface area is 145 Å². The third kappa shape index (κ3) is 2.85. The Bertz CT molecular complexity index is 1090. The third-order valence-corrected chi connectivity index (χ3v) is 3.86. The molecule has 0 atom stereocenters. The maximum Gasteiger partial charge on any atom is 0.417 e. The highest BCUT2D eigenvalue weighted by Crippen LogP contribution is 2.30. The van der Waals surface area contributed by atoms with E-state index in [4.69, 9.17) is 0 Å². The van der Waals surface area contributed by atoms with E-state index in [0.29, 0.717) is 28.0 Å². The van der Waals surface area contributed by atoms with E-state index in [2.05, 4.69) is 15.2 Å². The Morgan fingerprint density at radius 2 is 1.65 bits per heavy atom. The average Bonchev–Trinajstić information content (AvgIpc) is 3.04. The molecule has 1 N–H and O–H groups in total. The summed E-state index contributed by atoms with van der Waals surface area (Å²) in [6.07, 6.45) is -3.62. The molecular formula is C18H11F3N4O. The zero-order chi connectivity index (χ0) is 18.3. The predicted octanol–water partition coefficient (Wildman–Crippen LogP) is 4.21. The van der Waals surface area contributed by atoms with Crippen molar-refractivity contribution in [3.8, 4) is 22.7 Å². The minimum absolute atomic E-state index is 0.0393. The van der Waals surface area contributed by atoms with E-state index in [9.17, 15) is 18.3 Å². The maximum absolute atomic E-state index is 12.6. The van der Waals surface area contributed by atoms with Crippen LogP contribution in [0.1, 0.15) is 5.56 Å². The molecule has 4 rings (SSSR count). The molecular weight excluding hydrogens is 345 g/mol. The molecule has 0 aliphatic heterocycles. The highest BCUT2D eigenvalue weighted by molar-refractivity contribution is 5.80. The Morgan fingerprint density at radius 3 is 2.35 bits per heavy atom. The third-order valence-electron chi connectivity index (χ3n) is 3.86. The second kappa shape index (κ2) is 5.83. The Balaban J connectivity index is 1.73. The number of hydrogen-bond acceptors (Lipinski definition) is 4. The molecule has 0 aliphatic carbocycles. The topological polar surface area (TPSA) is 63.8 Å². The number of fused-ring (bicyclic) bond motifs is 1. The quantitative estimate of drug-likeness (QED) is 0.584. The summed E-state index contributed by atoms with van der Waals surface area (Å²) in [4.78, 5) is 5.20. The van der Waals surface area contributed by atoms with Crippen LogP contribution in [0.3, 0.4) is 0 Å². The number of benzene rings is 2. The standard InChI is InChI=1S/C18H11F3N4O/c19-18(20,21)12-6-8-13(22-10-12)11-5-7-14-15(9-11)24-25(23-14)16-3-1-2-4-17(16)26/h1-10,26H. The normalized spacial score (nSPS) is 11.8. The van der Waals surface area contributed by atoms with Crippen LogP contribution in [0.5, 0.6) is 5.75 Å². The molecule has 0 unspecified atom stereocenters. The first kappa shape index (κ1) is 16.1. The van der Waals surface area contributed by atoms with Gasteiger partial charge < -0.3 is 5.11 Å². The number of aromatic hydroxyl groups is 1. The number of para-hydroxylation sites is 2. The summed E-state index contributed by atoms with van der Waals surface area (Å²) in [5, 5.41) is 18.5. The number of halogens is 3. The van der Waals surface area contributed by atoms with Crippen molar-refractivity contribution in [2.45, 2.75) is 6.18 Å². The lowest BCUT2D eigenvalue weighted by molar-refractivity contribution is -0.137. The molecule has 2 aromatic heterocycles. The summed E-state index contributed by atoms with van der Waals surface area (Å²) in [6, 6.07) is 14.1. The van der Waals surface area contributed by atoms with Crippen LogP contribution in [-0.4, -0.2) is 25.1 Å². The van der Waals surface area contributed by atoms with E-state index in [1.807, 2.05) is 0 Å². The van der Waals surface area contributed by atoms with Gasteiger partial charge in [0.25, 0.3) is 0 Å². The minimum Gasteiger partial charge on any atom is -0.506 e. The van der Waals surface area contributed by atoms with Crippen LogP contribution in [0.2, 0.25) is 0 Å². The average molecular weight is 356 g/mol. The Hall–Kier alpha value is -3.42. The maximum atomic E-state index is 12.6. The van der Waals surface area contributed by atoms with Gasteiger partial charge in [0.1, 0.15) is 22.5 Å². The van der Waals surface area contributed by atoms with Crippen LogP contribution in [0, 0.1) is 0 Å². The number of rotatable bonds is 2. The smallest absolute Gasteiger partial charge is 0.417 e. The van der Waals surface area contributed by atoms with Crippen molar-refractivity contribution >= 4 is 11.0 Å². The van der Waals surface area contributed by atoms with E-state index in [1.165, 1.54) is 16.9 Å². The molecule has 0 aliphatic rings. The Morgan fingerprint density at radius 1 is 0.885 bits per heavy atom. The summed E-state index contributed by atoms with van der Waals surface area (Å²) < 4.78 is 37.9. The second-order valence-corrected chi connectivity index (χ2v) is 5.61. The molecule has 2 aromatic carbocycles. The van der Waals surface area contributed by atoms with Gasteiger partial charge in [-0.25, -0.2) is 0 Å². The molecule has 0 spiro atoms. The van der Waals surface area contributed by atoms with Gasteiger partial charge in [0.2, 0.25) is 0 Å². The molecule has 0 fully saturated rings. The number of aromatic nitrogens is 4. The Kier molecular flexibility index (Phi) is 3.61. The number of nitrogens with zero attached hydrogens (tertiary/aromatic N) is 4. The lowest BCUT2D eigenvalue weighted by Gasteiger charge is -2.06. The van der Waals surface area contributed by atoms with Gasteiger partial charge in [-0.15, -0.1) is 15.0 Å². The van der Waals surface area contributed by atoms with Gasteiger partial charge in [0.15, 0.2) is 0 Å². The molecule has 2 heterocycles. The molecule has 26 heavy (non-hydrogen) atoms. The van der Waals surface area contributed by atoms with Gasteiger partial charge in [0.05, 0.1) is 11.3 Å². The van der Waals surface area contributed by atoms with E-state index >= 15 is 0 Å². The van der Waals surface area contributed by atoms with E-state index in [1.54, 1.807) is 36.4 Å². The van der Waals surface area contributed by atoms with E-state index in [0.717, 1.165) is 12.3 Å². The van der Waals surface area contributed by atoms with Gasteiger partial charge in [-0.1, -0.05) is 18.2 Å². The number of pyridine rings is 1. The zero-order valence-corrected chi connectivity index (χ0v) is 13.1. The number of hydrogen-bond donors (Lipinski definition) is 1. The first-order chi connectivity index (χ1) is 12.4. The monoisotopic (exact) mass is 356 g/mol. The first-order valence-electron chi connectivity index (χ1n) is 7.61. The summed E-state index contributed by atoms with van der Waals surface area (Å²) in [5.41, 5.74) is 1.77. The molecule has 130 valence electrons. The minimum atomic E-state index is -4.42. The van der Waals surface area contributed by atoms with Gasteiger partial charge in [-0.05, 0) is 36.4 Å². The van der Waals surface area contributed by atoms with Crippen LogP contribution in [-0.2, 0) is 6.18 Å². The van der Waals surface area contributed by atoms with Crippen LogP contribution in [0.4, 0.5) is 13.2 Å².